The van der Waals surface area contributed by atoms with Gasteiger partial charge in [-0.25, -0.2) is 19.6 Å². The molecule has 2 aromatic heterocycles. The second kappa shape index (κ2) is 6.44. The number of likely N-dealkylation sites (tertiary alicyclic amines) is 1. The van der Waals surface area contributed by atoms with Crippen LogP contribution in [0.15, 0.2) is 18.9 Å². The number of hydrogen-bond donors (Lipinski definition) is 0. The molecule has 1 fully saturated rings. The van der Waals surface area contributed by atoms with E-state index in [-0.39, 0.29) is 17.9 Å². The van der Waals surface area contributed by atoms with Crippen molar-refractivity contribution < 1.29 is 4.79 Å². The third kappa shape index (κ3) is 3.23. The van der Waals surface area contributed by atoms with Crippen molar-refractivity contribution in [2.75, 3.05) is 13.1 Å². The highest BCUT2D eigenvalue weighted by Crippen LogP contribution is 2.24. The molecule has 0 saturated carbocycles. The van der Waals surface area contributed by atoms with Crippen LogP contribution >= 0.6 is 0 Å². The van der Waals surface area contributed by atoms with Crippen molar-refractivity contribution in [3.05, 3.63) is 35.9 Å². The van der Waals surface area contributed by atoms with Crippen LogP contribution in [0.1, 0.15) is 60.5 Å². The summed E-state index contributed by atoms with van der Waals surface area (Å²) in [5, 5.41) is 4.21. The van der Waals surface area contributed by atoms with Crippen molar-refractivity contribution in [1.29, 1.82) is 0 Å². The molecule has 7 heteroatoms. The number of nitrogens with zero attached hydrogens (tertiary/aromatic N) is 6. The number of aromatic nitrogens is 5. The van der Waals surface area contributed by atoms with E-state index in [1.54, 1.807) is 12.5 Å². The highest BCUT2D eigenvalue weighted by atomic mass is 16.2. The molecular formula is C16H22N6O. The summed E-state index contributed by atoms with van der Waals surface area (Å²) in [6.45, 7) is 7.35. The van der Waals surface area contributed by atoms with Gasteiger partial charge in [-0.1, -0.05) is 13.8 Å². The lowest BCUT2D eigenvalue weighted by Gasteiger charge is -2.33. The lowest BCUT2D eigenvalue weighted by molar-refractivity contribution is 0.0670. The van der Waals surface area contributed by atoms with Gasteiger partial charge in [0.05, 0.1) is 17.3 Å². The van der Waals surface area contributed by atoms with Crippen molar-refractivity contribution in [1.82, 2.24) is 29.6 Å². The Balaban J connectivity index is 1.83. The van der Waals surface area contributed by atoms with Crippen molar-refractivity contribution >= 4 is 5.91 Å². The van der Waals surface area contributed by atoms with Crippen LogP contribution in [0.25, 0.3) is 0 Å². The fourth-order valence-corrected chi connectivity index (χ4v) is 3.02. The number of carbonyl (C=O) groups excluding carboxylic acids is 1. The van der Waals surface area contributed by atoms with E-state index in [1.165, 1.54) is 6.33 Å². The van der Waals surface area contributed by atoms with Gasteiger partial charge in [-0.3, -0.25) is 4.79 Å². The van der Waals surface area contributed by atoms with Gasteiger partial charge in [0, 0.05) is 19.3 Å². The van der Waals surface area contributed by atoms with E-state index >= 15 is 0 Å². The van der Waals surface area contributed by atoms with Gasteiger partial charge < -0.3 is 4.90 Å². The summed E-state index contributed by atoms with van der Waals surface area (Å²) in [6, 6.07) is 0.184. The first-order valence-corrected chi connectivity index (χ1v) is 8.03. The molecule has 0 bridgehead atoms. The van der Waals surface area contributed by atoms with Gasteiger partial charge in [0.2, 0.25) is 0 Å². The highest BCUT2D eigenvalue weighted by molar-refractivity contribution is 5.95. The Morgan fingerprint density at radius 3 is 2.91 bits per heavy atom. The molecule has 122 valence electrons. The second-order valence-electron chi connectivity index (χ2n) is 6.29. The molecule has 0 radical (unpaired) electrons. The molecule has 0 unspecified atom stereocenters. The molecule has 0 aliphatic carbocycles. The largest absolute Gasteiger partial charge is 0.336 e. The molecule has 1 saturated heterocycles. The number of hydrogen-bond acceptors (Lipinski definition) is 5. The zero-order chi connectivity index (χ0) is 16.4. The van der Waals surface area contributed by atoms with Crippen LogP contribution in [-0.4, -0.2) is 48.6 Å². The van der Waals surface area contributed by atoms with Gasteiger partial charge in [0.15, 0.2) is 0 Å². The van der Waals surface area contributed by atoms with Gasteiger partial charge in [-0.05, 0) is 25.7 Å². The van der Waals surface area contributed by atoms with Crippen molar-refractivity contribution in [2.24, 2.45) is 0 Å². The molecule has 7 nitrogen and oxygen atoms in total. The molecule has 0 N–H and O–H groups in total. The Kier molecular flexibility index (Phi) is 4.36. The summed E-state index contributed by atoms with van der Waals surface area (Å²) in [4.78, 5) is 27.5. The van der Waals surface area contributed by atoms with Crippen LogP contribution < -0.4 is 0 Å². The van der Waals surface area contributed by atoms with E-state index in [2.05, 4.69) is 20.1 Å². The molecule has 1 aliphatic heterocycles. The average Bonchev–Trinajstić information content (AvgIpc) is 3.09. The lowest BCUT2D eigenvalue weighted by Crippen LogP contribution is -2.41. The van der Waals surface area contributed by atoms with E-state index in [0.29, 0.717) is 17.9 Å². The first-order chi connectivity index (χ1) is 11.1. The number of aryl methyl sites for hydroxylation is 1. The first-order valence-electron chi connectivity index (χ1n) is 8.03. The Hall–Kier alpha value is -2.31. The van der Waals surface area contributed by atoms with Gasteiger partial charge in [0.1, 0.15) is 18.5 Å². The van der Waals surface area contributed by atoms with E-state index < -0.39 is 0 Å². The van der Waals surface area contributed by atoms with E-state index in [9.17, 15) is 4.79 Å². The Morgan fingerprint density at radius 1 is 1.39 bits per heavy atom. The number of piperidine rings is 1. The summed E-state index contributed by atoms with van der Waals surface area (Å²) in [7, 11) is 0. The van der Waals surface area contributed by atoms with Crippen LogP contribution in [0.4, 0.5) is 0 Å². The molecule has 1 amide bonds. The Bertz CT molecular complexity index is 682. The first kappa shape index (κ1) is 15.6. The summed E-state index contributed by atoms with van der Waals surface area (Å²) in [5.74, 6) is 0.898. The molecule has 0 aromatic carbocycles. The third-order valence-corrected chi connectivity index (χ3v) is 4.21. The topological polar surface area (TPSA) is 76.8 Å². The minimum Gasteiger partial charge on any atom is -0.336 e. The maximum Gasteiger partial charge on any atom is 0.257 e. The van der Waals surface area contributed by atoms with Crippen molar-refractivity contribution in [3.63, 3.8) is 0 Å². The molecule has 3 rings (SSSR count). The number of rotatable bonds is 3. The van der Waals surface area contributed by atoms with E-state index in [1.807, 2.05) is 30.4 Å². The molecule has 3 heterocycles. The smallest absolute Gasteiger partial charge is 0.257 e. The normalized spacial score (nSPS) is 18.4. The molecule has 2 aromatic rings. The Labute approximate surface area is 135 Å². The summed E-state index contributed by atoms with van der Waals surface area (Å²) in [6.07, 6.45) is 6.88. The Morgan fingerprint density at radius 2 is 2.22 bits per heavy atom. The van der Waals surface area contributed by atoms with E-state index in [0.717, 1.165) is 25.1 Å². The molecule has 1 atom stereocenters. The molecule has 1 aliphatic rings. The molecule has 0 spiro atoms. The van der Waals surface area contributed by atoms with Gasteiger partial charge >= 0.3 is 0 Å². The number of carbonyl (C=O) groups is 1. The fraction of sp³-hybridized carbons (Fsp3) is 0.562. The molecule has 23 heavy (non-hydrogen) atoms. The maximum atomic E-state index is 13.0. The SMILES string of the molecule is Cc1ncc(C(=O)N2CCC[C@H](n3cncn3)C2)c(C(C)C)n1. The van der Waals surface area contributed by atoms with Crippen LogP contribution in [0.5, 0.6) is 0 Å². The number of amides is 1. The third-order valence-electron chi connectivity index (χ3n) is 4.21. The predicted octanol–water partition coefficient (Wildman–Crippen LogP) is 1.98. The zero-order valence-electron chi connectivity index (χ0n) is 13.8. The second-order valence-corrected chi connectivity index (χ2v) is 6.29. The van der Waals surface area contributed by atoms with Crippen LogP contribution in [0, 0.1) is 6.92 Å². The summed E-state index contributed by atoms with van der Waals surface area (Å²) < 4.78 is 1.84. The summed E-state index contributed by atoms with van der Waals surface area (Å²) in [5.41, 5.74) is 1.44. The van der Waals surface area contributed by atoms with Gasteiger partial charge in [-0.2, -0.15) is 5.10 Å². The predicted molar refractivity (Wildman–Crippen MR) is 85.1 cm³/mol. The fourth-order valence-electron chi connectivity index (χ4n) is 3.02. The zero-order valence-corrected chi connectivity index (χ0v) is 13.8. The molecular weight excluding hydrogens is 292 g/mol. The lowest BCUT2D eigenvalue weighted by atomic mass is 10.0. The van der Waals surface area contributed by atoms with Crippen LogP contribution in [-0.2, 0) is 0 Å². The minimum atomic E-state index is 0.0125. The summed E-state index contributed by atoms with van der Waals surface area (Å²) >= 11 is 0. The van der Waals surface area contributed by atoms with Gasteiger partial charge in [0.25, 0.3) is 5.91 Å². The van der Waals surface area contributed by atoms with E-state index in [4.69, 9.17) is 0 Å². The maximum absolute atomic E-state index is 13.0. The monoisotopic (exact) mass is 314 g/mol. The van der Waals surface area contributed by atoms with Crippen molar-refractivity contribution in [2.45, 2.75) is 45.6 Å². The van der Waals surface area contributed by atoms with Crippen LogP contribution in [0.2, 0.25) is 0 Å². The van der Waals surface area contributed by atoms with Crippen LogP contribution in [0.3, 0.4) is 0 Å². The quantitative estimate of drug-likeness (QED) is 0.865. The van der Waals surface area contributed by atoms with Crippen molar-refractivity contribution in [3.8, 4) is 0 Å². The van der Waals surface area contributed by atoms with Gasteiger partial charge in [-0.15, -0.1) is 0 Å². The average molecular weight is 314 g/mol. The standard InChI is InChI=1S/C16H22N6O/c1-11(2)15-14(7-18-12(3)20-15)16(23)21-6-4-5-13(8-21)22-10-17-9-19-22/h7,9-11,13H,4-6,8H2,1-3H3/t13-/m0/s1. The highest BCUT2D eigenvalue weighted by Gasteiger charge is 2.28. The minimum absolute atomic E-state index is 0.0125.